The maximum absolute atomic E-state index is 4.90. The van der Waals surface area contributed by atoms with Gasteiger partial charge in [-0.15, -0.1) is 35.3 Å². The van der Waals surface area contributed by atoms with E-state index in [4.69, 9.17) is 4.99 Å². The zero-order valence-electron chi connectivity index (χ0n) is 16.9. The molecule has 1 aliphatic heterocycles. The molecular weight excluding hydrogens is 479 g/mol. The highest BCUT2D eigenvalue weighted by Crippen LogP contribution is 2.20. The molecule has 3 rings (SSSR count). The first-order valence-corrected chi connectivity index (χ1v) is 11.0. The Kier molecular flexibility index (Phi) is 10.3. The van der Waals surface area contributed by atoms with Crippen LogP contribution in [0, 0.1) is 5.92 Å². The molecule has 2 aromatic rings. The Morgan fingerprint density at radius 2 is 2.07 bits per heavy atom. The van der Waals surface area contributed by atoms with Gasteiger partial charge in [-0.2, -0.15) is 0 Å². The number of nitrogens with zero attached hydrogens (tertiary/aromatic N) is 2. The molecule has 0 aliphatic carbocycles. The van der Waals surface area contributed by atoms with Crippen molar-refractivity contribution in [1.29, 1.82) is 0 Å². The molecule has 28 heavy (non-hydrogen) atoms. The van der Waals surface area contributed by atoms with E-state index < -0.39 is 0 Å². The second-order valence-corrected chi connectivity index (χ2v) is 8.35. The Labute approximate surface area is 190 Å². The maximum Gasteiger partial charge on any atom is 0.191 e. The summed E-state index contributed by atoms with van der Waals surface area (Å²) in [4.78, 5) is 8.95. The monoisotopic (exact) mass is 512 g/mol. The number of thiophene rings is 1. The first kappa shape index (κ1) is 23.2. The molecule has 2 unspecified atom stereocenters. The predicted molar refractivity (Wildman–Crippen MR) is 132 cm³/mol. The summed E-state index contributed by atoms with van der Waals surface area (Å²) >= 11 is 1.86. The molecule has 0 saturated carbocycles. The highest BCUT2D eigenvalue weighted by atomic mass is 127. The van der Waals surface area contributed by atoms with Crippen molar-refractivity contribution >= 4 is 41.3 Å². The standard InChI is InChI=1S/C22H32N4S.HI/c1-3-23-22(25-18(2)20-10-5-4-6-11-20)24-15-19-9-7-13-26(16-19)17-21-12-8-14-27-21;/h4-6,8,10-12,14,18-19H,3,7,9,13,15-17H2,1-2H3,(H2,23,24,25);1H. The highest BCUT2D eigenvalue weighted by molar-refractivity contribution is 14.0. The van der Waals surface area contributed by atoms with E-state index >= 15 is 0 Å². The second kappa shape index (κ2) is 12.4. The summed E-state index contributed by atoms with van der Waals surface area (Å²) in [6, 6.07) is 15.2. The normalized spacial score (nSPS) is 18.9. The summed E-state index contributed by atoms with van der Waals surface area (Å²) in [5.74, 6) is 1.56. The molecule has 0 spiro atoms. The zero-order chi connectivity index (χ0) is 18.9. The lowest BCUT2D eigenvalue weighted by Gasteiger charge is -2.31. The van der Waals surface area contributed by atoms with Crippen molar-refractivity contribution in [3.8, 4) is 0 Å². The van der Waals surface area contributed by atoms with Gasteiger partial charge in [-0.05, 0) is 56.2 Å². The van der Waals surface area contributed by atoms with Gasteiger partial charge >= 0.3 is 0 Å². The minimum atomic E-state index is 0. The van der Waals surface area contributed by atoms with Gasteiger partial charge in [-0.25, -0.2) is 0 Å². The van der Waals surface area contributed by atoms with Crippen LogP contribution < -0.4 is 10.6 Å². The van der Waals surface area contributed by atoms with Crippen molar-refractivity contribution in [2.75, 3.05) is 26.2 Å². The lowest BCUT2D eigenvalue weighted by Crippen LogP contribution is -2.40. The van der Waals surface area contributed by atoms with E-state index in [9.17, 15) is 0 Å². The molecule has 1 aliphatic rings. The Hall–Kier alpha value is -1.12. The molecule has 4 nitrogen and oxygen atoms in total. The second-order valence-electron chi connectivity index (χ2n) is 7.32. The Morgan fingerprint density at radius 1 is 1.25 bits per heavy atom. The van der Waals surface area contributed by atoms with Crippen molar-refractivity contribution in [3.05, 3.63) is 58.3 Å². The van der Waals surface area contributed by atoms with Crippen LogP contribution in [-0.2, 0) is 6.54 Å². The zero-order valence-corrected chi connectivity index (χ0v) is 20.1. The van der Waals surface area contributed by atoms with Crippen molar-refractivity contribution in [2.45, 2.75) is 39.3 Å². The third-order valence-corrected chi connectivity index (χ3v) is 5.93. The van der Waals surface area contributed by atoms with Gasteiger partial charge in [0.15, 0.2) is 5.96 Å². The summed E-state index contributed by atoms with van der Waals surface area (Å²) in [5, 5.41) is 9.12. The highest BCUT2D eigenvalue weighted by Gasteiger charge is 2.20. The number of benzene rings is 1. The smallest absolute Gasteiger partial charge is 0.191 e. The third kappa shape index (κ3) is 7.37. The van der Waals surface area contributed by atoms with E-state index in [0.717, 1.165) is 32.1 Å². The summed E-state index contributed by atoms with van der Waals surface area (Å²) in [6.45, 7) is 9.51. The molecule has 154 valence electrons. The van der Waals surface area contributed by atoms with Crippen LogP contribution in [0.2, 0.25) is 0 Å². The van der Waals surface area contributed by atoms with Gasteiger partial charge in [0.2, 0.25) is 0 Å². The van der Waals surface area contributed by atoms with E-state index in [2.05, 4.69) is 77.2 Å². The van der Waals surface area contributed by atoms with E-state index in [-0.39, 0.29) is 30.0 Å². The number of piperidine rings is 1. The number of rotatable bonds is 7. The van der Waals surface area contributed by atoms with E-state index in [1.54, 1.807) is 0 Å². The Morgan fingerprint density at radius 3 is 2.79 bits per heavy atom. The van der Waals surface area contributed by atoms with Gasteiger partial charge in [0.05, 0.1) is 6.04 Å². The first-order chi connectivity index (χ1) is 13.2. The number of hydrogen-bond donors (Lipinski definition) is 2. The van der Waals surface area contributed by atoms with Crippen LogP contribution >= 0.6 is 35.3 Å². The molecular formula is C22H33IN4S. The summed E-state index contributed by atoms with van der Waals surface area (Å²) in [6.07, 6.45) is 2.55. The summed E-state index contributed by atoms with van der Waals surface area (Å²) in [7, 11) is 0. The van der Waals surface area contributed by atoms with Crippen LogP contribution in [0.5, 0.6) is 0 Å². The fraction of sp³-hybridized carbons (Fsp3) is 0.500. The van der Waals surface area contributed by atoms with Crippen LogP contribution in [0.4, 0.5) is 0 Å². The Balaban J connectivity index is 0.00000280. The van der Waals surface area contributed by atoms with Gasteiger partial charge < -0.3 is 10.6 Å². The fourth-order valence-electron chi connectivity index (χ4n) is 3.64. The average molecular weight is 513 g/mol. The predicted octanol–water partition coefficient (Wildman–Crippen LogP) is 4.89. The van der Waals surface area contributed by atoms with E-state index in [0.29, 0.717) is 5.92 Å². The quantitative estimate of drug-likeness (QED) is 0.315. The van der Waals surface area contributed by atoms with E-state index in [1.165, 1.54) is 29.8 Å². The Bertz CT molecular complexity index is 690. The number of likely N-dealkylation sites (tertiary alicyclic amines) is 1. The fourth-order valence-corrected chi connectivity index (χ4v) is 4.38. The van der Waals surface area contributed by atoms with Gasteiger partial charge in [0, 0.05) is 31.1 Å². The molecule has 0 bridgehead atoms. The molecule has 2 heterocycles. The number of guanidine groups is 1. The maximum atomic E-state index is 4.90. The van der Waals surface area contributed by atoms with Crippen LogP contribution in [0.25, 0.3) is 0 Å². The van der Waals surface area contributed by atoms with Crippen LogP contribution in [0.3, 0.4) is 0 Å². The van der Waals surface area contributed by atoms with Crippen LogP contribution in [-0.4, -0.2) is 37.0 Å². The summed E-state index contributed by atoms with van der Waals surface area (Å²) in [5.41, 5.74) is 1.28. The SMILES string of the molecule is CCNC(=NCC1CCCN(Cc2cccs2)C1)NC(C)c1ccccc1.I. The van der Waals surface area contributed by atoms with Crippen molar-refractivity contribution < 1.29 is 0 Å². The minimum absolute atomic E-state index is 0. The lowest BCUT2D eigenvalue weighted by atomic mass is 9.98. The number of halogens is 1. The molecule has 0 amide bonds. The first-order valence-electron chi connectivity index (χ1n) is 10.1. The van der Waals surface area contributed by atoms with Crippen molar-refractivity contribution in [2.24, 2.45) is 10.9 Å². The topological polar surface area (TPSA) is 39.7 Å². The number of nitrogens with one attached hydrogen (secondary N) is 2. The molecule has 2 atom stereocenters. The minimum Gasteiger partial charge on any atom is -0.357 e. The van der Waals surface area contributed by atoms with Crippen LogP contribution in [0.1, 0.15) is 43.2 Å². The third-order valence-electron chi connectivity index (χ3n) is 5.07. The summed E-state index contributed by atoms with van der Waals surface area (Å²) < 4.78 is 0. The van der Waals surface area contributed by atoms with Gasteiger partial charge in [0.25, 0.3) is 0 Å². The molecule has 1 aromatic carbocycles. The lowest BCUT2D eigenvalue weighted by molar-refractivity contribution is 0.172. The van der Waals surface area contributed by atoms with E-state index in [1.807, 2.05) is 11.3 Å². The number of hydrogen-bond acceptors (Lipinski definition) is 3. The number of aliphatic imine (C=N–C) groups is 1. The van der Waals surface area contributed by atoms with Crippen LogP contribution in [0.15, 0.2) is 52.8 Å². The van der Waals surface area contributed by atoms with Gasteiger partial charge in [-0.1, -0.05) is 36.4 Å². The van der Waals surface area contributed by atoms with Crippen molar-refractivity contribution in [3.63, 3.8) is 0 Å². The van der Waals surface area contributed by atoms with Gasteiger partial charge in [0.1, 0.15) is 0 Å². The molecule has 0 radical (unpaired) electrons. The van der Waals surface area contributed by atoms with Crippen molar-refractivity contribution in [1.82, 2.24) is 15.5 Å². The molecule has 6 heteroatoms. The average Bonchev–Trinajstić information content (AvgIpc) is 3.20. The molecule has 2 N–H and O–H groups in total. The molecule has 1 aromatic heterocycles. The largest absolute Gasteiger partial charge is 0.357 e. The van der Waals surface area contributed by atoms with Gasteiger partial charge in [-0.3, -0.25) is 9.89 Å². The molecule has 1 fully saturated rings. The molecule has 1 saturated heterocycles.